The molecule has 2 aromatic carbocycles. The van der Waals surface area contributed by atoms with Crippen LogP contribution in [-0.2, 0) is 29.3 Å². The van der Waals surface area contributed by atoms with E-state index in [1.165, 1.54) is 377 Å². The first kappa shape index (κ1) is 78.3. The van der Waals surface area contributed by atoms with Gasteiger partial charge in [0.1, 0.15) is 0 Å². The summed E-state index contributed by atoms with van der Waals surface area (Å²) in [6.45, 7) is 9.08. The van der Waals surface area contributed by atoms with Gasteiger partial charge < -0.3 is 0 Å². The van der Waals surface area contributed by atoms with Crippen LogP contribution in [-0.4, -0.2) is 11.4 Å². The standard InChI is InChI=1S/C79H142N2.Ni/c1-5-8-11-13-15-17-19-21-23-25-27-29-31-33-35-37-39-41-43-45-47-49-51-53-55-57-59-61-65-75-67-63-69-77(72-75)80-74(4)79(71-10-7-3)81-78-70-64-68-76(73-78)66-62-60-58-56-54-52-50-48-46-44-42-40-38-36-34-32-30-28-26-24-22-20-18-16-14-12-9-6-2;/h63-64,67-70,72-73H,5-62,65-66,71H2,1-4H3;. The minimum absolute atomic E-state index is 0. The fraction of sp³-hybridized carbons (Fsp3) is 0.823. The van der Waals surface area contributed by atoms with Gasteiger partial charge in [-0.3, -0.25) is 9.98 Å². The summed E-state index contributed by atoms with van der Waals surface area (Å²) >= 11 is 0. The third-order valence-corrected chi connectivity index (χ3v) is 18.2. The van der Waals surface area contributed by atoms with Crippen LogP contribution in [0.4, 0.5) is 11.4 Å². The second-order valence-electron chi connectivity index (χ2n) is 26.3. The molecule has 0 saturated carbocycles. The van der Waals surface area contributed by atoms with Crippen molar-refractivity contribution in [2.75, 3.05) is 0 Å². The maximum atomic E-state index is 5.25. The number of unbranched alkanes of at least 4 members (excludes halogenated alkanes) is 55. The normalized spacial score (nSPS) is 12.0. The Hall–Kier alpha value is -1.73. The molecule has 0 unspecified atom stereocenters. The van der Waals surface area contributed by atoms with E-state index in [0.717, 1.165) is 48.5 Å². The SMILES string of the molecule is CCCCCCCCCCCCCCCCCCCCCCCCCCCCCCc1cccc(N=C(C)C(CCCC)=Nc2cccc(CCCCCCCCCCCCCCCCCCCCCCCCCCCCCC)c2)c1.[Ni]. The van der Waals surface area contributed by atoms with Gasteiger partial charge in [0, 0.05) is 16.5 Å². The fourth-order valence-corrected chi connectivity index (χ4v) is 12.6. The van der Waals surface area contributed by atoms with Crippen molar-refractivity contribution < 1.29 is 16.5 Å². The summed E-state index contributed by atoms with van der Waals surface area (Å²) < 4.78 is 0. The van der Waals surface area contributed by atoms with Crippen molar-refractivity contribution in [3.63, 3.8) is 0 Å². The molecule has 0 radical (unpaired) electrons. The summed E-state index contributed by atoms with van der Waals surface area (Å²) in [6, 6.07) is 18.1. The fourth-order valence-electron chi connectivity index (χ4n) is 12.6. The molecule has 0 heterocycles. The van der Waals surface area contributed by atoms with Gasteiger partial charge in [-0.1, -0.05) is 398 Å². The molecular weight excluding hydrogens is 1040 g/mol. The molecule has 0 spiro atoms. The van der Waals surface area contributed by atoms with Crippen molar-refractivity contribution in [3.8, 4) is 0 Å². The molecule has 478 valence electrons. The summed E-state index contributed by atoms with van der Waals surface area (Å²) in [7, 11) is 0. The largest absolute Gasteiger partial charge is 0.252 e. The molecular formula is C79H142N2Ni. The number of aliphatic imine (C=N–C) groups is 2. The molecule has 0 aliphatic heterocycles. The smallest absolute Gasteiger partial charge is 0.0636 e. The summed E-state index contributed by atoms with van der Waals surface area (Å²) in [4.78, 5) is 10.4. The van der Waals surface area contributed by atoms with Crippen LogP contribution in [0.5, 0.6) is 0 Å². The average Bonchev–Trinajstić information content (AvgIpc) is 3.61. The molecule has 82 heavy (non-hydrogen) atoms. The van der Waals surface area contributed by atoms with Crippen LogP contribution in [0, 0.1) is 0 Å². The first-order valence-corrected chi connectivity index (χ1v) is 37.5. The van der Waals surface area contributed by atoms with Gasteiger partial charge >= 0.3 is 0 Å². The second-order valence-corrected chi connectivity index (χ2v) is 26.3. The van der Waals surface area contributed by atoms with Gasteiger partial charge in [0.05, 0.1) is 22.8 Å². The molecule has 0 N–H and O–H groups in total. The zero-order valence-electron chi connectivity index (χ0n) is 56.0. The molecule has 0 fully saturated rings. The van der Waals surface area contributed by atoms with Gasteiger partial charge in [-0.15, -0.1) is 0 Å². The van der Waals surface area contributed by atoms with Crippen molar-refractivity contribution in [2.45, 2.75) is 419 Å². The van der Waals surface area contributed by atoms with Crippen molar-refractivity contribution in [1.82, 2.24) is 0 Å². The van der Waals surface area contributed by atoms with E-state index in [1.54, 1.807) is 0 Å². The van der Waals surface area contributed by atoms with Crippen LogP contribution < -0.4 is 0 Å². The second kappa shape index (κ2) is 63.8. The zero-order valence-corrected chi connectivity index (χ0v) is 57.0. The van der Waals surface area contributed by atoms with Crippen LogP contribution in [0.2, 0.25) is 0 Å². The number of hydrogen-bond donors (Lipinski definition) is 0. The van der Waals surface area contributed by atoms with E-state index in [2.05, 4.69) is 76.2 Å². The van der Waals surface area contributed by atoms with E-state index >= 15 is 0 Å². The van der Waals surface area contributed by atoms with Crippen LogP contribution in [0.15, 0.2) is 58.5 Å². The van der Waals surface area contributed by atoms with Gasteiger partial charge in [-0.05, 0) is 80.8 Å². The first-order valence-electron chi connectivity index (χ1n) is 37.5. The molecule has 2 nitrogen and oxygen atoms in total. The van der Waals surface area contributed by atoms with Crippen LogP contribution in [0.3, 0.4) is 0 Å². The Morgan fingerprint density at radius 2 is 0.463 bits per heavy atom. The molecule has 0 aliphatic rings. The summed E-state index contributed by atoms with van der Waals surface area (Å²) in [6.07, 6.45) is 86.7. The number of aryl methyl sites for hydroxylation is 2. The quantitative estimate of drug-likeness (QED) is 0.0358. The predicted octanol–water partition coefficient (Wildman–Crippen LogP) is 28.7. The number of hydrogen-bond acceptors (Lipinski definition) is 2. The number of nitrogens with zero attached hydrogens (tertiary/aromatic N) is 2. The first-order chi connectivity index (χ1) is 40.2. The Balaban J connectivity index is 0.0000336. The Bertz CT molecular complexity index is 1640. The Kier molecular flexibility index (Phi) is 60.9. The Morgan fingerprint density at radius 3 is 0.695 bits per heavy atom. The van der Waals surface area contributed by atoms with Crippen molar-refractivity contribution in [3.05, 3.63) is 59.7 Å². The minimum atomic E-state index is 0. The van der Waals surface area contributed by atoms with Gasteiger partial charge in [-0.2, -0.15) is 0 Å². The molecule has 0 amide bonds. The maximum Gasteiger partial charge on any atom is 0.0636 e. The van der Waals surface area contributed by atoms with Crippen molar-refractivity contribution in [2.24, 2.45) is 9.98 Å². The van der Waals surface area contributed by atoms with E-state index in [1.807, 2.05) is 0 Å². The van der Waals surface area contributed by atoms with E-state index in [-0.39, 0.29) is 16.5 Å². The van der Waals surface area contributed by atoms with E-state index in [9.17, 15) is 0 Å². The van der Waals surface area contributed by atoms with Gasteiger partial charge in [0.25, 0.3) is 0 Å². The summed E-state index contributed by atoms with van der Waals surface area (Å²) in [5, 5.41) is 0. The van der Waals surface area contributed by atoms with Gasteiger partial charge in [0.2, 0.25) is 0 Å². The van der Waals surface area contributed by atoms with Gasteiger partial charge in [-0.25, -0.2) is 0 Å². The van der Waals surface area contributed by atoms with E-state index < -0.39 is 0 Å². The number of rotatable bonds is 64. The van der Waals surface area contributed by atoms with Crippen LogP contribution in [0.25, 0.3) is 0 Å². The molecule has 3 heteroatoms. The van der Waals surface area contributed by atoms with Crippen molar-refractivity contribution >= 4 is 22.8 Å². The average molecular weight is 1180 g/mol. The minimum Gasteiger partial charge on any atom is -0.252 e. The molecule has 2 aromatic rings. The monoisotopic (exact) mass is 1180 g/mol. The predicted molar refractivity (Wildman–Crippen MR) is 370 cm³/mol. The van der Waals surface area contributed by atoms with E-state index in [0.29, 0.717) is 0 Å². The third kappa shape index (κ3) is 52.6. The maximum absolute atomic E-state index is 5.25. The summed E-state index contributed by atoms with van der Waals surface area (Å²) in [5.74, 6) is 0. The molecule has 0 aromatic heterocycles. The van der Waals surface area contributed by atoms with Crippen LogP contribution >= 0.6 is 0 Å². The molecule has 0 bridgehead atoms. The molecule has 0 atom stereocenters. The zero-order chi connectivity index (χ0) is 57.7. The number of benzene rings is 2. The third-order valence-electron chi connectivity index (χ3n) is 18.2. The van der Waals surface area contributed by atoms with E-state index in [4.69, 9.17) is 9.98 Å². The van der Waals surface area contributed by atoms with Gasteiger partial charge in [0.15, 0.2) is 0 Å². The molecule has 0 aliphatic carbocycles. The topological polar surface area (TPSA) is 24.7 Å². The van der Waals surface area contributed by atoms with Crippen LogP contribution in [0.1, 0.15) is 418 Å². The molecule has 0 saturated heterocycles. The molecule has 2 rings (SSSR count). The Labute approximate surface area is 525 Å². The Morgan fingerprint density at radius 1 is 0.256 bits per heavy atom. The van der Waals surface area contributed by atoms with Crippen molar-refractivity contribution in [1.29, 1.82) is 0 Å². The summed E-state index contributed by atoms with van der Waals surface area (Å²) in [5.41, 5.74) is 7.24.